The van der Waals surface area contributed by atoms with Crippen LogP contribution in [-0.2, 0) is 0 Å². The number of anilines is 1. The summed E-state index contributed by atoms with van der Waals surface area (Å²) in [6.07, 6.45) is 3.40. The molecule has 0 aromatic carbocycles. The van der Waals surface area contributed by atoms with Crippen LogP contribution in [0.1, 0.15) is 5.69 Å². The Hall–Kier alpha value is -2.04. The van der Waals surface area contributed by atoms with Crippen molar-refractivity contribution in [3.63, 3.8) is 0 Å². The molecule has 0 aliphatic carbocycles. The van der Waals surface area contributed by atoms with Crippen molar-refractivity contribution in [3.8, 4) is 11.3 Å². The Morgan fingerprint density at radius 1 is 1.14 bits per heavy atom. The first-order valence-corrected chi connectivity index (χ1v) is 4.14. The second-order valence-corrected chi connectivity index (χ2v) is 2.84. The largest absolute Gasteiger partial charge is 0.366 e. The monoisotopic (exact) mass is 187 g/mol. The standard InChI is InChI=1S/C9H9N5/c1-6-8(13-14-9(10)12-6)7-2-4-11-5-3-7/h2-5H,1H3,(H2,10,12,14). The van der Waals surface area contributed by atoms with Crippen molar-refractivity contribution < 1.29 is 0 Å². The molecule has 0 amide bonds. The molecule has 2 aromatic heterocycles. The van der Waals surface area contributed by atoms with Crippen molar-refractivity contribution in [2.75, 3.05) is 5.73 Å². The molecule has 14 heavy (non-hydrogen) atoms. The lowest BCUT2D eigenvalue weighted by atomic mass is 10.2. The second-order valence-electron chi connectivity index (χ2n) is 2.84. The van der Waals surface area contributed by atoms with Crippen molar-refractivity contribution in [3.05, 3.63) is 30.2 Å². The van der Waals surface area contributed by atoms with E-state index in [4.69, 9.17) is 5.73 Å². The lowest BCUT2D eigenvalue weighted by Gasteiger charge is -2.02. The van der Waals surface area contributed by atoms with Gasteiger partial charge in [0.05, 0.1) is 5.69 Å². The van der Waals surface area contributed by atoms with Crippen LogP contribution in [0.15, 0.2) is 24.5 Å². The highest BCUT2D eigenvalue weighted by atomic mass is 15.2. The van der Waals surface area contributed by atoms with E-state index in [1.165, 1.54) is 0 Å². The van der Waals surface area contributed by atoms with Crippen LogP contribution in [0, 0.1) is 6.92 Å². The third kappa shape index (κ3) is 1.52. The smallest absolute Gasteiger partial charge is 0.240 e. The normalized spacial score (nSPS) is 10.1. The molecule has 0 aliphatic rings. The van der Waals surface area contributed by atoms with E-state index in [-0.39, 0.29) is 5.95 Å². The quantitative estimate of drug-likeness (QED) is 0.715. The molecule has 0 saturated carbocycles. The molecule has 2 rings (SSSR count). The SMILES string of the molecule is Cc1nc(N)nnc1-c1ccncc1. The number of nitrogen functional groups attached to an aromatic ring is 1. The zero-order valence-electron chi connectivity index (χ0n) is 7.68. The van der Waals surface area contributed by atoms with Crippen LogP contribution in [0.2, 0.25) is 0 Å². The van der Waals surface area contributed by atoms with Gasteiger partial charge < -0.3 is 5.73 Å². The molecule has 0 atom stereocenters. The third-order valence-corrected chi connectivity index (χ3v) is 1.83. The van der Waals surface area contributed by atoms with Crippen molar-refractivity contribution in [2.24, 2.45) is 0 Å². The van der Waals surface area contributed by atoms with E-state index in [9.17, 15) is 0 Å². The Labute approximate surface area is 81.0 Å². The van der Waals surface area contributed by atoms with Gasteiger partial charge in [-0.2, -0.15) is 0 Å². The van der Waals surface area contributed by atoms with Gasteiger partial charge in [-0.3, -0.25) is 4.98 Å². The first-order valence-electron chi connectivity index (χ1n) is 4.14. The highest BCUT2D eigenvalue weighted by molar-refractivity contribution is 5.60. The number of hydrogen-bond acceptors (Lipinski definition) is 5. The zero-order valence-corrected chi connectivity index (χ0v) is 7.68. The number of hydrogen-bond donors (Lipinski definition) is 1. The first kappa shape index (κ1) is 8.55. The molecule has 0 unspecified atom stereocenters. The highest BCUT2D eigenvalue weighted by Gasteiger charge is 2.05. The van der Waals surface area contributed by atoms with Crippen LogP contribution >= 0.6 is 0 Å². The van der Waals surface area contributed by atoms with Crippen molar-refractivity contribution in [2.45, 2.75) is 6.92 Å². The number of aromatic nitrogens is 4. The molecule has 0 fully saturated rings. The average Bonchev–Trinajstić information content (AvgIpc) is 2.19. The predicted octanol–water partition coefficient (Wildman–Crippen LogP) is 0.824. The maximum absolute atomic E-state index is 5.41. The molecule has 0 bridgehead atoms. The summed E-state index contributed by atoms with van der Waals surface area (Å²) in [4.78, 5) is 7.96. The number of nitrogens with two attached hydrogens (primary N) is 1. The Balaban J connectivity index is 2.53. The Morgan fingerprint density at radius 3 is 2.50 bits per heavy atom. The molecule has 5 nitrogen and oxygen atoms in total. The van der Waals surface area contributed by atoms with Crippen molar-refractivity contribution in [1.82, 2.24) is 20.2 Å². The lowest BCUT2D eigenvalue weighted by Crippen LogP contribution is -2.01. The van der Waals surface area contributed by atoms with Gasteiger partial charge in [-0.05, 0) is 19.1 Å². The molecule has 70 valence electrons. The van der Waals surface area contributed by atoms with Crippen molar-refractivity contribution in [1.29, 1.82) is 0 Å². The van der Waals surface area contributed by atoms with Crippen molar-refractivity contribution >= 4 is 5.95 Å². The van der Waals surface area contributed by atoms with Gasteiger partial charge >= 0.3 is 0 Å². The van der Waals surface area contributed by atoms with Crippen LogP contribution < -0.4 is 5.73 Å². The summed E-state index contributed by atoms with van der Waals surface area (Å²) < 4.78 is 0. The Kier molecular flexibility index (Phi) is 2.06. The van der Waals surface area contributed by atoms with Crippen LogP contribution in [0.5, 0.6) is 0 Å². The van der Waals surface area contributed by atoms with Gasteiger partial charge in [0, 0.05) is 18.0 Å². The molecular formula is C9H9N5. The molecular weight excluding hydrogens is 178 g/mol. The number of pyridine rings is 1. The first-order chi connectivity index (χ1) is 6.77. The molecule has 2 aromatic rings. The summed E-state index contributed by atoms with van der Waals surface area (Å²) in [6, 6.07) is 3.71. The summed E-state index contributed by atoms with van der Waals surface area (Å²) >= 11 is 0. The summed E-state index contributed by atoms with van der Waals surface area (Å²) in [7, 11) is 0. The number of nitrogens with zero attached hydrogens (tertiary/aromatic N) is 4. The van der Waals surface area contributed by atoms with Gasteiger partial charge in [-0.25, -0.2) is 4.98 Å². The van der Waals surface area contributed by atoms with E-state index >= 15 is 0 Å². The van der Waals surface area contributed by atoms with E-state index in [1.54, 1.807) is 12.4 Å². The van der Waals surface area contributed by atoms with E-state index < -0.39 is 0 Å². The summed E-state index contributed by atoms with van der Waals surface area (Å²) in [5.41, 5.74) is 7.86. The fourth-order valence-electron chi connectivity index (χ4n) is 1.20. The third-order valence-electron chi connectivity index (χ3n) is 1.83. The van der Waals surface area contributed by atoms with Gasteiger partial charge in [0.25, 0.3) is 0 Å². The summed E-state index contributed by atoms with van der Waals surface area (Å²) in [5.74, 6) is 0.195. The number of aryl methyl sites for hydroxylation is 1. The van der Waals surface area contributed by atoms with E-state index in [1.807, 2.05) is 19.1 Å². The van der Waals surface area contributed by atoms with Gasteiger partial charge in [0.15, 0.2) is 0 Å². The minimum Gasteiger partial charge on any atom is -0.366 e. The highest BCUT2D eigenvalue weighted by Crippen LogP contribution is 2.17. The Bertz CT molecular complexity index is 440. The number of rotatable bonds is 1. The molecule has 0 radical (unpaired) electrons. The summed E-state index contributed by atoms with van der Waals surface area (Å²) in [5, 5.41) is 7.70. The van der Waals surface area contributed by atoms with Gasteiger partial charge in [0.2, 0.25) is 5.95 Å². The molecule has 5 heteroatoms. The average molecular weight is 187 g/mol. The fourth-order valence-corrected chi connectivity index (χ4v) is 1.20. The van der Waals surface area contributed by atoms with Crippen LogP contribution in [-0.4, -0.2) is 20.2 Å². The second kappa shape index (κ2) is 3.37. The van der Waals surface area contributed by atoms with E-state index in [2.05, 4.69) is 20.2 Å². The lowest BCUT2D eigenvalue weighted by molar-refractivity contribution is 0.963. The summed E-state index contributed by atoms with van der Waals surface area (Å²) in [6.45, 7) is 1.85. The maximum atomic E-state index is 5.41. The van der Waals surface area contributed by atoms with Crippen LogP contribution in [0.3, 0.4) is 0 Å². The molecule has 0 spiro atoms. The van der Waals surface area contributed by atoms with Gasteiger partial charge in [-0.1, -0.05) is 0 Å². The van der Waals surface area contributed by atoms with Gasteiger partial charge in [-0.15, -0.1) is 10.2 Å². The van der Waals surface area contributed by atoms with Crippen LogP contribution in [0.25, 0.3) is 11.3 Å². The Morgan fingerprint density at radius 2 is 1.86 bits per heavy atom. The molecule has 0 saturated heterocycles. The topological polar surface area (TPSA) is 77.6 Å². The molecule has 2 N–H and O–H groups in total. The van der Waals surface area contributed by atoms with E-state index in [0.29, 0.717) is 0 Å². The molecule has 2 heterocycles. The fraction of sp³-hybridized carbons (Fsp3) is 0.111. The minimum atomic E-state index is 0.195. The maximum Gasteiger partial charge on any atom is 0.240 e. The van der Waals surface area contributed by atoms with E-state index in [0.717, 1.165) is 17.0 Å². The minimum absolute atomic E-state index is 0.195. The molecule has 0 aliphatic heterocycles. The van der Waals surface area contributed by atoms with Crippen LogP contribution in [0.4, 0.5) is 5.95 Å². The predicted molar refractivity (Wildman–Crippen MR) is 52.2 cm³/mol. The zero-order chi connectivity index (χ0) is 9.97. The van der Waals surface area contributed by atoms with Gasteiger partial charge in [0.1, 0.15) is 5.69 Å².